The molecule has 26 heavy (non-hydrogen) atoms. The molecule has 138 valence electrons. The molecule has 1 aromatic heterocycles. The van der Waals surface area contributed by atoms with E-state index in [9.17, 15) is 12.8 Å². The summed E-state index contributed by atoms with van der Waals surface area (Å²) in [6.07, 6.45) is 4.58. The van der Waals surface area contributed by atoms with E-state index < -0.39 is 14.6 Å². The molecule has 0 N–H and O–H groups in total. The van der Waals surface area contributed by atoms with Gasteiger partial charge in [0.05, 0.1) is 16.6 Å². The molecule has 0 saturated heterocycles. The van der Waals surface area contributed by atoms with Crippen LogP contribution in [0.15, 0.2) is 53.7 Å². The Morgan fingerprint density at radius 3 is 2.27 bits per heavy atom. The van der Waals surface area contributed by atoms with Crippen LogP contribution in [0, 0.1) is 5.82 Å². The Kier molecular flexibility index (Phi) is 4.88. The van der Waals surface area contributed by atoms with Crippen molar-refractivity contribution in [2.75, 3.05) is 18.0 Å². The minimum absolute atomic E-state index is 0.105. The second kappa shape index (κ2) is 6.83. The lowest BCUT2D eigenvalue weighted by atomic mass is 9.99. The zero-order valence-corrected chi connectivity index (χ0v) is 16.1. The molecule has 2 heterocycles. The minimum atomic E-state index is -3.44. The van der Waals surface area contributed by atoms with Gasteiger partial charge in [0.2, 0.25) is 0 Å². The smallest absolute Gasteiger partial charge is 0.200 e. The van der Waals surface area contributed by atoms with E-state index in [2.05, 4.69) is 16.0 Å². The zero-order chi connectivity index (χ0) is 18.9. The van der Waals surface area contributed by atoms with E-state index in [1.54, 1.807) is 45.2 Å². The van der Waals surface area contributed by atoms with E-state index in [0.717, 1.165) is 24.2 Å². The third-order valence-electron chi connectivity index (χ3n) is 4.59. The number of aromatic nitrogens is 1. The predicted octanol–water partition coefficient (Wildman–Crippen LogP) is 4.09. The lowest BCUT2D eigenvalue weighted by Crippen LogP contribution is -2.30. The molecule has 3 rings (SSSR count). The normalized spacial score (nSPS) is 15.7. The number of hydrogen-bond donors (Lipinski definition) is 0. The molecule has 0 saturated carbocycles. The number of pyridine rings is 1. The molecule has 1 aliphatic rings. The van der Waals surface area contributed by atoms with E-state index in [1.807, 2.05) is 6.07 Å². The summed E-state index contributed by atoms with van der Waals surface area (Å²) >= 11 is 0. The highest BCUT2D eigenvalue weighted by Gasteiger charge is 2.32. The van der Waals surface area contributed by atoms with Crippen molar-refractivity contribution in [2.24, 2.45) is 0 Å². The molecule has 0 spiro atoms. The molecule has 2 aromatic rings. The van der Waals surface area contributed by atoms with Gasteiger partial charge in [-0.3, -0.25) is 0 Å². The fourth-order valence-electron chi connectivity index (χ4n) is 2.86. The van der Waals surface area contributed by atoms with Gasteiger partial charge < -0.3 is 4.90 Å². The number of benzene rings is 1. The first-order valence-electron chi connectivity index (χ1n) is 8.59. The van der Waals surface area contributed by atoms with Gasteiger partial charge in [0.15, 0.2) is 14.9 Å². The first-order chi connectivity index (χ1) is 12.2. The van der Waals surface area contributed by atoms with Gasteiger partial charge in [-0.2, -0.15) is 0 Å². The number of sulfone groups is 1. The SMILES string of the molecule is CC(C)(C)S(=O)(=O)c1ccc(N2CC=C(c3ccc(F)cc3)CC2)cn1. The summed E-state index contributed by atoms with van der Waals surface area (Å²) in [6, 6.07) is 9.92. The molecule has 1 aromatic carbocycles. The van der Waals surface area contributed by atoms with E-state index in [-0.39, 0.29) is 10.8 Å². The molecule has 0 radical (unpaired) electrons. The first-order valence-corrected chi connectivity index (χ1v) is 10.1. The van der Waals surface area contributed by atoms with E-state index in [4.69, 9.17) is 0 Å². The summed E-state index contributed by atoms with van der Waals surface area (Å²) in [6.45, 7) is 6.52. The summed E-state index contributed by atoms with van der Waals surface area (Å²) in [4.78, 5) is 6.33. The molecule has 0 fully saturated rings. The quantitative estimate of drug-likeness (QED) is 0.812. The van der Waals surface area contributed by atoms with Gasteiger partial charge >= 0.3 is 0 Å². The number of hydrogen-bond acceptors (Lipinski definition) is 4. The van der Waals surface area contributed by atoms with Crippen LogP contribution in [0.2, 0.25) is 0 Å². The first kappa shape index (κ1) is 18.6. The molecule has 0 bridgehead atoms. The average Bonchev–Trinajstić information content (AvgIpc) is 2.62. The zero-order valence-electron chi connectivity index (χ0n) is 15.2. The molecule has 4 nitrogen and oxygen atoms in total. The van der Waals surface area contributed by atoms with Gasteiger partial charge in [0.1, 0.15) is 5.82 Å². The lowest BCUT2D eigenvalue weighted by Gasteiger charge is -2.28. The minimum Gasteiger partial charge on any atom is -0.366 e. The Morgan fingerprint density at radius 1 is 1.08 bits per heavy atom. The molecule has 0 atom stereocenters. The van der Waals surface area contributed by atoms with Crippen LogP contribution < -0.4 is 4.90 Å². The molecular weight excluding hydrogens is 351 g/mol. The standard InChI is InChI=1S/C20H23FN2O2S/c1-20(2,3)26(24,25)19-9-8-18(14-22-19)23-12-10-16(11-13-23)15-4-6-17(21)7-5-15/h4-10,14H,11-13H2,1-3H3. The van der Waals surface area contributed by atoms with Crippen molar-refractivity contribution < 1.29 is 12.8 Å². The van der Waals surface area contributed by atoms with Crippen LogP contribution in [0.1, 0.15) is 32.8 Å². The Labute approximate surface area is 154 Å². The van der Waals surface area contributed by atoms with E-state index in [1.165, 1.54) is 17.7 Å². The van der Waals surface area contributed by atoms with Crippen molar-refractivity contribution in [3.05, 3.63) is 60.1 Å². The van der Waals surface area contributed by atoms with Crippen LogP contribution >= 0.6 is 0 Å². The molecule has 6 heteroatoms. The van der Waals surface area contributed by atoms with Gasteiger partial charge in [0, 0.05) is 13.1 Å². The van der Waals surface area contributed by atoms with Gasteiger partial charge in [-0.15, -0.1) is 0 Å². The third kappa shape index (κ3) is 3.65. The van der Waals surface area contributed by atoms with Crippen molar-refractivity contribution in [1.82, 2.24) is 4.98 Å². The van der Waals surface area contributed by atoms with Crippen LogP contribution in [0.3, 0.4) is 0 Å². The van der Waals surface area contributed by atoms with Gasteiger partial charge in [-0.25, -0.2) is 17.8 Å². The second-order valence-corrected chi connectivity index (χ2v) is 10.1. The summed E-state index contributed by atoms with van der Waals surface area (Å²) in [5, 5.41) is 0.105. The largest absolute Gasteiger partial charge is 0.366 e. The Bertz CT molecular complexity index is 912. The summed E-state index contributed by atoms with van der Waals surface area (Å²) in [7, 11) is -3.44. The molecule has 1 aliphatic heterocycles. The van der Waals surface area contributed by atoms with Crippen molar-refractivity contribution in [3.63, 3.8) is 0 Å². The third-order valence-corrected chi connectivity index (χ3v) is 7.00. The summed E-state index contributed by atoms with van der Waals surface area (Å²) < 4.78 is 37.1. The van der Waals surface area contributed by atoms with Crippen molar-refractivity contribution in [3.8, 4) is 0 Å². The highest BCUT2D eigenvalue weighted by Crippen LogP contribution is 2.28. The maximum atomic E-state index is 13.0. The van der Waals surface area contributed by atoms with Crippen LogP contribution in [0.4, 0.5) is 10.1 Å². The highest BCUT2D eigenvalue weighted by atomic mass is 32.2. The van der Waals surface area contributed by atoms with Gasteiger partial charge in [-0.1, -0.05) is 18.2 Å². The Hall–Kier alpha value is -2.21. The summed E-state index contributed by atoms with van der Waals surface area (Å²) in [5.41, 5.74) is 3.13. The topological polar surface area (TPSA) is 50.3 Å². The Balaban J connectivity index is 1.75. The van der Waals surface area contributed by atoms with Gasteiger partial charge in [0.25, 0.3) is 0 Å². The highest BCUT2D eigenvalue weighted by molar-refractivity contribution is 7.92. The average molecular weight is 374 g/mol. The monoisotopic (exact) mass is 374 g/mol. The predicted molar refractivity (Wildman–Crippen MR) is 102 cm³/mol. The Morgan fingerprint density at radius 2 is 1.77 bits per heavy atom. The molecule has 0 aliphatic carbocycles. The molecular formula is C20H23FN2O2S. The number of rotatable bonds is 3. The van der Waals surface area contributed by atoms with Crippen molar-refractivity contribution >= 4 is 21.1 Å². The van der Waals surface area contributed by atoms with Crippen LogP contribution in [0.5, 0.6) is 0 Å². The lowest BCUT2D eigenvalue weighted by molar-refractivity contribution is 0.556. The molecule has 0 unspecified atom stereocenters. The molecule has 0 amide bonds. The van der Waals surface area contributed by atoms with Crippen LogP contribution in [-0.4, -0.2) is 31.2 Å². The van der Waals surface area contributed by atoms with Crippen molar-refractivity contribution in [2.45, 2.75) is 37.0 Å². The fourth-order valence-corrected chi connectivity index (χ4v) is 3.93. The maximum absolute atomic E-state index is 13.0. The fraction of sp³-hybridized carbons (Fsp3) is 0.350. The summed E-state index contributed by atoms with van der Waals surface area (Å²) in [5.74, 6) is -0.233. The number of nitrogens with zero attached hydrogens (tertiary/aromatic N) is 2. The van der Waals surface area contributed by atoms with E-state index >= 15 is 0 Å². The van der Waals surface area contributed by atoms with Crippen LogP contribution in [-0.2, 0) is 9.84 Å². The van der Waals surface area contributed by atoms with Gasteiger partial charge in [-0.05, 0) is 62.6 Å². The maximum Gasteiger partial charge on any atom is 0.200 e. The second-order valence-electron chi connectivity index (χ2n) is 7.40. The van der Waals surface area contributed by atoms with Crippen LogP contribution in [0.25, 0.3) is 5.57 Å². The van der Waals surface area contributed by atoms with Crippen molar-refractivity contribution in [1.29, 1.82) is 0 Å². The number of halogens is 1. The van der Waals surface area contributed by atoms with E-state index in [0.29, 0.717) is 6.54 Å². The number of anilines is 1.